The van der Waals surface area contributed by atoms with Crippen LogP contribution in [0.4, 0.5) is 9.39 Å². The lowest BCUT2D eigenvalue weighted by molar-refractivity contribution is -0.109. The molecule has 6 nitrogen and oxygen atoms in total. The van der Waals surface area contributed by atoms with E-state index >= 15 is 0 Å². The van der Waals surface area contributed by atoms with Gasteiger partial charge in [0.2, 0.25) is 6.41 Å². The second-order valence-corrected chi connectivity index (χ2v) is 6.52. The zero-order valence-corrected chi connectivity index (χ0v) is 14.9. The fourth-order valence-corrected chi connectivity index (χ4v) is 2.96. The summed E-state index contributed by atoms with van der Waals surface area (Å²) in [7, 11) is 0. The lowest BCUT2D eigenvalue weighted by atomic mass is 10.2. The largest absolute Gasteiger partial charge is 0.390 e. The maximum absolute atomic E-state index is 12.9. The summed E-state index contributed by atoms with van der Waals surface area (Å²) in [6.45, 7) is 5.64. The highest BCUT2D eigenvalue weighted by Gasteiger charge is 2.13. The van der Waals surface area contributed by atoms with Gasteiger partial charge in [0, 0.05) is 16.8 Å². The summed E-state index contributed by atoms with van der Waals surface area (Å²) < 4.78 is 14.2. The van der Waals surface area contributed by atoms with Crippen LogP contribution in [0.15, 0.2) is 34.4 Å². The van der Waals surface area contributed by atoms with Crippen molar-refractivity contribution in [2.45, 2.75) is 26.8 Å². The smallest absolute Gasteiger partial charge is 0.282 e. The normalized spacial score (nSPS) is 10.4. The number of halogens is 1. The van der Waals surface area contributed by atoms with Crippen LogP contribution in [0.2, 0.25) is 0 Å². The molecule has 0 saturated carbocycles. The number of benzene rings is 1. The summed E-state index contributed by atoms with van der Waals surface area (Å²) in [5.74, 6) is -0.357. The van der Waals surface area contributed by atoms with Crippen molar-refractivity contribution in [2.75, 3.05) is 5.73 Å². The minimum atomic E-state index is -0.357. The van der Waals surface area contributed by atoms with Gasteiger partial charge in [0.05, 0.1) is 21.8 Å². The van der Waals surface area contributed by atoms with Crippen LogP contribution in [0.5, 0.6) is 0 Å². The van der Waals surface area contributed by atoms with Crippen LogP contribution in [0.25, 0.3) is 16.5 Å². The maximum atomic E-state index is 12.9. The number of nitrogens with two attached hydrogens (primary N) is 1. The predicted octanol–water partition coefficient (Wildman–Crippen LogP) is 2.62. The third kappa shape index (κ3) is 4.21. The van der Waals surface area contributed by atoms with Crippen LogP contribution in [0.3, 0.4) is 0 Å². The van der Waals surface area contributed by atoms with Crippen molar-refractivity contribution in [1.82, 2.24) is 15.1 Å². The quantitative estimate of drug-likeness (QED) is 0.701. The number of anilines is 1. The number of aromatic nitrogens is 2. The van der Waals surface area contributed by atoms with Crippen molar-refractivity contribution in [2.24, 2.45) is 0 Å². The average molecular weight is 362 g/mol. The Hall–Kier alpha value is -2.74. The van der Waals surface area contributed by atoms with Crippen LogP contribution in [-0.2, 0) is 4.79 Å². The van der Waals surface area contributed by atoms with E-state index in [1.54, 1.807) is 0 Å². The number of aryl methyl sites for hydroxylation is 1. The number of carbonyl (C=O) groups excluding carboxylic acids is 1. The van der Waals surface area contributed by atoms with E-state index in [-0.39, 0.29) is 17.4 Å². The van der Waals surface area contributed by atoms with E-state index in [1.165, 1.54) is 40.3 Å². The molecule has 3 N–H and O–H groups in total. The fraction of sp³-hybridized carbons (Fsp3) is 0.235. The Labute approximate surface area is 148 Å². The lowest BCUT2D eigenvalue weighted by Crippen LogP contribution is -2.22. The van der Waals surface area contributed by atoms with Crippen LogP contribution < -0.4 is 16.6 Å². The number of nitrogen functional groups attached to an aromatic ring is 1. The molecule has 0 radical (unpaired) electrons. The molecule has 2 aromatic heterocycles. The van der Waals surface area contributed by atoms with Gasteiger partial charge < -0.3 is 11.1 Å². The number of nitrogens with zero attached hydrogens (tertiary/aromatic N) is 2. The summed E-state index contributed by atoms with van der Waals surface area (Å²) in [5.41, 5.74) is 6.78. The van der Waals surface area contributed by atoms with Crippen LogP contribution in [0, 0.1) is 12.7 Å². The van der Waals surface area contributed by atoms with E-state index in [2.05, 4.69) is 10.4 Å². The Morgan fingerprint density at radius 3 is 2.48 bits per heavy atom. The molecule has 25 heavy (non-hydrogen) atoms. The Morgan fingerprint density at radius 2 is 1.96 bits per heavy atom. The van der Waals surface area contributed by atoms with Crippen molar-refractivity contribution in [3.05, 3.63) is 51.5 Å². The molecule has 3 rings (SSSR count). The first-order chi connectivity index (χ1) is 11.8. The second-order valence-electron chi connectivity index (χ2n) is 5.61. The van der Waals surface area contributed by atoms with Crippen LogP contribution >= 0.6 is 11.3 Å². The first kappa shape index (κ1) is 18.6. The van der Waals surface area contributed by atoms with Gasteiger partial charge in [-0.05, 0) is 45.0 Å². The number of hydrogen-bond acceptors (Lipinski definition) is 5. The molecule has 0 spiro atoms. The highest BCUT2D eigenvalue weighted by atomic mass is 32.1. The summed E-state index contributed by atoms with van der Waals surface area (Å²) in [5, 5.41) is 10.3. The van der Waals surface area contributed by atoms with E-state index in [0.29, 0.717) is 28.2 Å². The lowest BCUT2D eigenvalue weighted by Gasteiger charge is -2.06. The minimum absolute atomic E-state index is 0.280. The molecule has 0 unspecified atom stereocenters. The van der Waals surface area contributed by atoms with Crippen molar-refractivity contribution >= 4 is 33.5 Å². The molecular weight excluding hydrogens is 343 g/mol. The van der Waals surface area contributed by atoms with Crippen molar-refractivity contribution in [3.63, 3.8) is 0 Å². The highest BCUT2D eigenvalue weighted by Crippen LogP contribution is 2.26. The van der Waals surface area contributed by atoms with E-state index in [9.17, 15) is 14.0 Å². The molecule has 0 aliphatic heterocycles. The molecule has 8 heteroatoms. The number of hydrogen-bond donors (Lipinski definition) is 2. The first-order valence-corrected chi connectivity index (χ1v) is 8.45. The molecule has 3 aromatic rings. The van der Waals surface area contributed by atoms with Gasteiger partial charge in [-0.25, -0.2) is 4.39 Å². The Kier molecular flexibility index (Phi) is 5.87. The predicted molar refractivity (Wildman–Crippen MR) is 98.7 cm³/mol. The SMILES string of the molecule is CC(C)NC=O.Cc1nn(-c2ccc(F)cc2)c(=O)c2c(N)scc12. The Morgan fingerprint density at radius 1 is 1.32 bits per heavy atom. The van der Waals surface area contributed by atoms with Gasteiger partial charge in [-0.1, -0.05) is 0 Å². The minimum Gasteiger partial charge on any atom is -0.390 e. The number of fused-ring (bicyclic) bond motifs is 1. The van der Waals surface area contributed by atoms with Gasteiger partial charge in [0.25, 0.3) is 5.56 Å². The first-order valence-electron chi connectivity index (χ1n) is 7.57. The molecule has 2 heterocycles. The Bertz CT molecular complexity index is 932. The molecule has 0 atom stereocenters. The molecule has 0 aliphatic rings. The van der Waals surface area contributed by atoms with Gasteiger partial charge in [-0.3, -0.25) is 9.59 Å². The molecule has 0 aliphatic carbocycles. The maximum Gasteiger partial charge on any atom is 0.282 e. The zero-order chi connectivity index (χ0) is 18.6. The number of nitrogens with one attached hydrogen (secondary N) is 1. The summed E-state index contributed by atoms with van der Waals surface area (Å²) in [6.07, 6.45) is 0.699. The third-order valence-electron chi connectivity index (χ3n) is 3.34. The van der Waals surface area contributed by atoms with Crippen molar-refractivity contribution in [3.8, 4) is 5.69 Å². The number of rotatable bonds is 3. The molecule has 0 saturated heterocycles. The van der Waals surface area contributed by atoms with E-state index in [0.717, 1.165) is 5.39 Å². The van der Waals surface area contributed by atoms with Crippen LogP contribution in [-0.4, -0.2) is 22.2 Å². The van der Waals surface area contributed by atoms with Crippen LogP contribution in [0.1, 0.15) is 19.5 Å². The Balaban J connectivity index is 0.000000326. The molecule has 1 aromatic carbocycles. The highest BCUT2D eigenvalue weighted by molar-refractivity contribution is 7.15. The molecular formula is C17H19FN4O2S. The fourth-order valence-electron chi connectivity index (χ4n) is 2.11. The number of carbonyl (C=O) groups is 1. The van der Waals surface area contributed by atoms with E-state index in [4.69, 9.17) is 5.73 Å². The van der Waals surface area contributed by atoms with Gasteiger partial charge in [-0.2, -0.15) is 9.78 Å². The summed E-state index contributed by atoms with van der Waals surface area (Å²) >= 11 is 1.32. The van der Waals surface area contributed by atoms with E-state index < -0.39 is 0 Å². The van der Waals surface area contributed by atoms with Gasteiger partial charge in [-0.15, -0.1) is 11.3 Å². The zero-order valence-electron chi connectivity index (χ0n) is 14.1. The summed E-state index contributed by atoms with van der Waals surface area (Å²) in [6, 6.07) is 5.89. The third-order valence-corrected chi connectivity index (χ3v) is 4.15. The standard InChI is InChI=1S/C13H10FN3OS.C4H9NO/c1-7-10-6-19-12(15)11(10)13(18)17(16-7)9-4-2-8(14)3-5-9;1-4(2)5-3-6/h2-6H,15H2,1H3;3-4H,1-2H3,(H,5,6). The topological polar surface area (TPSA) is 90.0 Å². The van der Waals surface area contributed by atoms with Gasteiger partial charge in [0.15, 0.2) is 0 Å². The van der Waals surface area contributed by atoms with E-state index in [1.807, 2.05) is 26.2 Å². The number of amides is 1. The van der Waals surface area contributed by atoms with Crippen molar-refractivity contribution < 1.29 is 9.18 Å². The second kappa shape index (κ2) is 7.89. The molecule has 0 bridgehead atoms. The van der Waals surface area contributed by atoms with Gasteiger partial charge in [0.1, 0.15) is 5.82 Å². The summed E-state index contributed by atoms with van der Waals surface area (Å²) in [4.78, 5) is 21.9. The molecule has 132 valence electrons. The molecule has 0 fully saturated rings. The number of thiophene rings is 1. The van der Waals surface area contributed by atoms with Crippen molar-refractivity contribution in [1.29, 1.82) is 0 Å². The van der Waals surface area contributed by atoms with Gasteiger partial charge >= 0.3 is 0 Å². The monoisotopic (exact) mass is 362 g/mol. The molecule has 1 amide bonds. The average Bonchev–Trinajstić information content (AvgIpc) is 2.95.